The zero-order valence-corrected chi connectivity index (χ0v) is 10.9. The molecule has 1 aromatic rings. The van der Waals surface area contributed by atoms with Crippen molar-refractivity contribution in [3.05, 3.63) is 29.0 Å². The number of pyridine rings is 1. The molecule has 18 heavy (non-hydrogen) atoms. The first-order valence-electron chi connectivity index (χ1n) is 5.54. The van der Waals surface area contributed by atoms with E-state index in [4.69, 9.17) is 21.1 Å². The number of rotatable bonds is 5. The van der Waals surface area contributed by atoms with Gasteiger partial charge in [0.05, 0.1) is 13.2 Å². The average Bonchev–Trinajstić information content (AvgIpc) is 2.30. The summed E-state index contributed by atoms with van der Waals surface area (Å²) in [6.07, 6.45) is 1.42. The quantitative estimate of drug-likeness (QED) is 0.465. The summed E-state index contributed by atoms with van der Waals surface area (Å²) in [7, 11) is 0. The van der Waals surface area contributed by atoms with Crippen LogP contribution < -0.4 is 0 Å². The molecule has 98 valence electrons. The molecule has 0 atom stereocenters. The molecule has 0 fully saturated rings. The summed E-state index contributed by atoms with van der Waals surface area (Å²) in [4.78, 5) is 27.4. The standard InChI is InChI=1S/C12H14ClNO4/c1-3-17-11(15)10(12(16)18-4-2)8-5-6-14-9(13)7-8/h5-7,10H,3-4H2,1-2H3. The molecule has 1 rings (SSSR count). The Balaban J connectivity index is 3.03. The van der Waals surface area contributed by atoms with Crippen molar-refractivity contribution < 1.29 is 19.1 Å². The summed E-state index contributed by atoms with van der Waals surface area (Å²) in [5.41, 5.74) is 0.409. The van der Waals surface area contributed by atoms with Crippen molar-refractivity contribution in [1.29, 1.82) is 0 Å². The topological polar surface area (TPSA) is 65.5 Å². The van der Waals surface area contributed by atoms with Gasteiger partial charge >= 0.3 is 11.9 Å². The first kappa shape index (κ1) is 14.4. The van der Waals surface area contributed by atoms with Crippen molar-refractivity contribution in [3.8, 4) is 0 Å². The molecule has 0 radical (unpaired) electrons. The molecule has 5 nitrogen and oxygen atoms in total. The molecule has 0 aromatic carbocycles. The Morgan fingerprint density at radius 2 is 1.83 bits per heavy atom. The Bertz CT molecular complexity index is 418. The second-order valence-electron chi connectivity index (χ2n) is 3.35. The Labute approximate surface area is 110 Å². The molecule has 0 unspecified atom stereocenters. The van der Waals surface area contributed by atoms with Crippen LogP contribution in [0.1, 0.15) is 25.3 Å². The van der Waals surface area contributed by atoms with Crippen molar-refractivity contribution >= 4 is 23.5 Å². The lowest BCUT2D eigenvalue weighted by Crippen LogP contribution is -2.26. The zero-order valence-electron chi connectivity index (χ0n) is 10.2. The molecule has 0 saturated carbocycles. The molecule has 1 heterocycles. The second-order valence-corrected chi connectivity index (χ2v) is 3.74. The summed E-state index contributed by atoms with van der Waals surface area (Å²) in [5.74, 6) is -2.43. The zero-order chi connectivity index (χ0) is 13.5. The predicted octanol–water partition coefficient (Wildman–Crippen LogP) is 1.94. The number of ether oxygens (including phenoxy) is 2. The lowest BCUT2D eigenvalue weighted by molar-refractivity contribution is -0.156. The average molecular weight is 272 g/mol. The van der Waals surface area contributed by atoms with Crippen LogP contribution in [0.15, 0.2) is 18.3 Å². The molecular formula is C12H14ClNO4. The van der Waals surface area contributed by atoms with E-state index < -0.39 is 17.9 Å². The molecule has 6 heteroatoms. The third kappa shape index (κ3) is 3.70. The minimum atomic E-state index is -1.12. The van der Waals surface area contributed by atoms with Crippen molar-refractivity contribution in [2.75, 3.05) is 13.2 Å². The van der Waals surface area contributed by atoms with Gasteiger partial charge in [0.25, 0.3) is 0 Å². The Kier molecular flexibility index (Phi) is 5.58. The van der Waals surface area contributed by atoms with Crippen LogP contribution in [0.25, 0.3) is 0 Å². The van der Waals surface area contributed by atoms with E-state index in [1.54, 1.807) is 13.8 Å². The number of carbonyl (C=O) groups is 2. The summed E-state index contributed by atoms with van der Waals surface area (Å²) in [6.45, 7) is 3.71. The van der Waals surface area contributed by atoms with Crippen molar-refractivity contribution in [3.63, 3.8) is 0 Å². The minimum Gasteiger partial charge on any atom is -0.465 e. The van der Waals surface area contributed by atoms with Gasteiger partial charge in [-0.1, -0.05) is 11.6 Å². The van der Waals surface area contributed by atoms with Gasteiger partial charge < -0.3 is 9.47 Å². The van der Waals surface area contributed by atoms with E-state index in [2.05, 4.69) is 4.98 Å². The van der Waals surface area contributed by atoms with Crippen molar-refractivity contribution in [2.45, 2.75) is 19.8 Å². The molecule has 0 amide bonds. The highest BCUT2D eigenvalue weighted by molar-refractivity contribution is 6.29. The molecule has 0 saturated heterocycles. The number of hydrogen-bond acceptors (Lipinski definition) is 5. The third-order valence-corrected chi connectivity index (χ3v) is 2.34. The SMILES string of the molecule is CCOC(=O)C(C(=O)OCC)c1ccnc(Cl)c1. The molecule has 1 aromatic heterocycles. The van der Waals surface area contributed by atoms with Crippen LogP contribution in [0.4, 0.5) is 0 Å². The number of nitrogens with zero attached hydrogens (tertiary/aromatic N) is 1. The molecule has 0 aliphatic carbocycles. The van der Waals surface area contributed by atoms with Crippen molar-refractivity contribution in [1.82, 2.24) is 4.98 Å². The van der Waals surface area contributed by atoms with Crippen LogP contribution >= 0.6 is 11.6 Å². The molecule has 0 N–H and O–H groups in total. The number of hydrogen-bond donors (Lipinski definition) is 0. The second kappa shape index (κ2) is 6.96. The van der Waals surface area contributed by atoms with Gasteiger partial charge in [-0.3, -0.25) is 9.59 Å². The van der Waals surface area contributed by atoms with Gasteiger partial charge in [-0.05, 0) is 31.5 Å². The Morgan fingerprint density at radius 3 is 2.28 bits per heavy atom. The van der Waals surface area contributed by atoms with Gasteiger partial charge in [-0.15, -0.1) is 0 Å². The van der Waals surface area contributed by atoms with Gasteiger partial charge in [-0.25, -0.2) is 4.98 Å². The number of halogens is 1. The fraction of sp³-hybridized carbons (Fsp3) is 0.417. The Morgan fingerprint density at radius 1 is 1.28 bits per heavy atom. The van der Waals surface area contributed by atoms with E-state index in [9.17, 15) is 9.59 Å². The maximum absolute atomic E-state index is 11.8. The lowest BCUT2D eigenvalue weighted by Gasteiger charge is -2.14. The highest BCUT2D eigenvalue weighted by atomic mass is 35.5. The molecule has 0 spiro atoms. The largest absolute Gasteiger partial charge is 0.465 e. The predicted molar refractivity (Wildman–Crippen MR) is 65.3 cm³/mol. The van der Waals surface area contributed by atoms with Crippen LogP contribution in [0.5, 0.6) is 0 Å². The van der Waals surface area contributed by atoms with Crippen LogP contribution in [-0.4, -0.2) is 30.1 Å². The van der Waals surface area contributed by atoms with Crippen LogP contribution in [0, 0.1) is 0 Å². The van der Waals surface area contributed by atoms with Crippen LogP contribution in [-0.2, 0) is 19.1 Å². The highest BCUT2D eigenvalue weighted by Crippen LogP contribution is 2.21. The maximum atomic E-state index is 11.8. The molecule has 0 aliphatic heterocycles. The fourth-order valence-electron chi connectivity index (χ4n) is 1.42. The first-order chi connectivity index (χ1) is 8.60. The molecule has 0 aliphatic rings. The number of carbonyl (C=O) groups excluding carboxylic acids is 2. The monoisotopic (exact) mass is 271 g/mol. The van der Waals surface area contributed by atoms with E-state index in [1.165, 1.54) is 18.3 Å². The van der Waals surface area contributed by atoms with Gasteiger partial charge in [0, 0.05) is 6.20 Å². The summed E-state index contributed by atoms with van der Waals surface area (Å²) in [6, 6.07) is 2.98. The van der Waals surface area contributed by atoms with Gasteiger partial charge in [0.1, 0.15) is 5.15 Å². The summed E-state index contributed by atoms with van der Waals surface area (Å²) in [5, 5.41) is 0.200. The van der Waals surface area contributed by atoms with E-state index in [-0.39, 0.29) is 18.4 Å². The normalized spacial score (nSPS) is 10.2. The minimum absolute atomic E-state index is 0.188. The first-order valence-corrected chi connectivity index (χ1v) is 5.92. The van der Waals surface area contributed by atoms with Crippen LogP contribution in [0.2, 0.25) is 5.15 Å². The van der Waals surface area contributed by atoms with Gasteiger partial charge in [0.15, 0.2) is 5.92 Å². The molecular weight excluding hydrogens is 258 g/mol. The summed E-state index contributed by atoms with van der Waals surface area (Å²) >= 11 is 5.74. The smallest absolute Gasteiger partial charge is 0.324 e. The van der Waals surface area contributed by atoms with E-state index in [0.29, 0.717) is 5.56 Å². The maximum Gasteiger partial charge on any atom is 0.324 e. The van der Waals surface area contributed by atoms with Crippen LogP contribution in [0.3, 0.4) is 0 Å². The van der Waals surface area contributed by atoms with E-state index in [0.717, 1.165) is 0 Å². The van der Waals surface area contributed by atoms with Gasteiger partial charge in [0.2, 0.25) is 0 Å². The number of aromatic nitrogens is 1. The highest BCUT2D eigenvalue weighted by Gasteiger charge is 2.31. The van der Waals surface area contributed by atoms with Crippen molar-refractivity contribution in [2.24, 2.45) is 0 Å². The number of esters is 2. The third-order valence-electron chi connectivity index (χ3n) is 2.13. The Hall–Kier alpha value is -1.62. The molecule has 0 bridgehead atoms. The summed E-state index contributed by atoms with van der Waals surface area (Å²) < 4.78 is 9.73. The van der Waals surface area contributed by atoms with Gasteiger partial charge in [-0.2, -0.15) is 0 Å². The lowest BCUT2D eigenvalue weighted by atomic mass is 10.0. The fourth-order valence-corrected chi connectivity index (χ4v) is 1.60. The van der Waals surface area contributed by atoms with E-state index >= 15 is 0 Å². The van der Waals surface area contributed by atoms with E-state index in [1.807, 2.05) is 0 Å².